The van der Waals surface area contributed by atoms with Gasteiger partial charge in [-0.2, -0.15) is 0 Å². The first-order valence-electron chi connectivity index (χ1n) is 5.28. The Balaban J connectivity index is 2.71. The van der Waals surface area contributed by atoms with Gasteiger partial charge in [-0.3, -0.25) is 4.57 Å². The van der Waals surface area contributed by atoms with Crippen molar-refractivity contribution in [3.05, 3.63) is 29.8 Å². The molecule has 0 fully saturated rings. The molecule has 4 nitrogen and oxygen atoms in total. The molecule has 5 heteroatoms. The van der Waals surface area contributed by atoms with E-state index in [-0.39, 0.29) is 6.16 Å². The molecule has 16 heavy (non-hydrogen) atoms. The summed E-state index contributed by atoms with van der Waals surface area (Å²) < 4.78 is 16.4. The quantitative estimate of drug-likeness (QED) is 0.596. The first-order chi connectivity index (χ1) is 7.53. The average molecular weight is 244 g/mol. The molecule has 1 aromatic carbocycles. The normalized spacial score (nSPS) is 11.4. The molecule has 1 rings (SSSR count). The zero-order chi connectivity index (χ0) is 12.0. The number of ether oxygens (including phenoxy) is 1. The van der Waals surface area contributed by atoms with Gasteiger partial charge in [-0.05, 0) is 12.5 Å². The van der Waals surface area contributed by atoms with Crippen molar-refractivity contribution in [3.63, 3.8) is 0 Å². The predicted molar refractivity (Wildman–Crippen MR) is 62.6 cm³/mol. The summed E-state index contributed by atoms with van der Waals surface area (Å²) in [5, 5.41) is 0. The number of benzene rings is 1. The van der Waals surface area contributed by atoms with Gasteiger partial charge in [-0.15, -0.1) is 0 Å². The number of para-hydroxylation sites is 1. The third-order valence-corrected chi connectivity index (χ3v) is 2.86. The van der Waals surface area contributed by atoms with Gasteiger partial charge in [0.05, 0.1) is 12.8 Å². The van der Waals surface area contributed by atoms with Crippen LogP contribution in [0.5, 0.6) is 5.75 Å². The van der Waals surface area contributed by atoms with Crippen molar-refractivity contribution < 1.29 is 19.1 Å². The predicted octanol–water partition coefficient (Wildman–Crippen LogP) is 2.54. The summed E-state index contributed by atoms with van der Waals surface area (Å²) in [7, 11) is -4.03. The van der Waals surface area contributed by atoms with Crippen LogP contribution in [0, 0.1) is 0 Å². The molecule has 0 aliphatic rings. The molecule has 0 saturated carbocycles. The van der Waals surface area contributed by atoms with E-state index in [1.807, 2.05) is 0 Å². The van der Waals surface area contributed by atoms with Crippen LogP contribution in [0.4, 0.5) is 0 Å². The molecule has 2 N–H and O–H groups in total. The molecule has 0 atom stereocenters. The molecule has 0 heterocycles. The highest BCUT2D eigenvalue weighted by Gasteiger charge is 2.16. The van der Waals surface area contributed by atoms with E-state index in [2.05, 4.69) is 6.92 Å². The van der Waals surface area contributed by atoms with Crippen molar-refractivity contribution in [2.75, 3.05) is 6.61 Å². The van der Waals surface area contributed by atoms with Crippen molar-refractivity contribution in [3.8, 4) is 5.75 Å². The second kappa shape index (κ2) is 6.04. The molecule has 0 unspecified atom stereocenters. The van der Waals surface area contributed by atoms with E-state index in [9.17, 15) is 4.57 Å². The largest absolute Gasteiger partial charge is 0.493 e. The molecule has 0 bridgehead atoms. The fourth-order valence-corrected chi connectivity index (χ4v) is 2.03. The number of hydrogen-bond acceptors (Lipinski definition) is 2. The van der Waals surface area contributed by atoms with Gasteiger partial charge in [0.2, 0.25) is 0 Å². The van der Waals surface area contributed by atoms with Crippen LogP contribution in [-0.4, -0.2) is 16.4 Å². The summed E-state index contributed by atoms with van der Waals surface area (Å²) in [6.45, 7) is 2.64. The standard InChI is InChI=1S/C11H17O4P/c1-2-3-8-15-11-7-5-4-6-10(11)9-16(12,13)14/h4-7H,2-3,8-9H2,1H3,(H2,12,13,14). The Hall–Kier alpha value is -0.830. The van der Waals surface area contributed by atoms with Crippen LogP contribution in [0.15, 0.2) is 24.3 Å². The fourth-order valence-electron chi connectivity index (χ4n) is 1.32. The van der Waals surface area contributed by atoms with Gasteiger partial charge in [0, 0.05) is 5.56 Å². The Morgan fingerprint density at radius 2 is 2.00 bits per heavy atom. The minimum absolute atomic E-state index is 0.269. The number of unbranched alkanes of at least 4 members (excludes halogenated alkanes) is 1. The van der Waals surface area contributed by atoms with Crippen LogP contribution in [0.25, 0.3) is 0 Å². The molecule has 0 radical (unpaired) electrons. The van der Waals surface area contributed by atoms with Crippen molar-refractivity contribution in [2.24, 2.45) is 0 Å². The SMILES string of the molecule is CCCCOc1ccccc1CP(=O)(O)O. The minimum atomic E-state index is -4.03. The Morgan fingerprint density at radius 1 is 1.31 bits per heavy atom. The molecular weight excluding hydrogens is 227 g/mol. The average Bonchev–Trinajstić information content (AvgIpc) is 2.19. The van der Waals surface area contributed by atoms with Gasteiger partial charge in [-0.25, -0.2) is 0 Å². The zero-order valence-corrected chi connectivity index (χ0v) is 10.2. The van der Waals surface area contributed by atoms with Gasteiger partial charge in [-0.1, -0.05) is 31.5 Å². The van der Waals surface area contributed by atoms with E-state index in [0.717, 1.165) is 12.8 Å². The third kappa shape index (κ3) is 4.79. The van der Waals surface area contributed by atoms with Crippen LogP contribution in [0.1, 0.15) is 25.3 Å². The summed E-state index contributed by atoms with van der Waals surface area (Å²) in [6, 6.07) is 6.96. The molecular formula is C11H17O4P. The highest BCUT2D eigenvalue weighted by atomic mass is 31.2. The van der Waals surface area contributed by atoms with Crippen LogP contribution in [0.2, 0.25) is 0 Å². The van der Waals surface area contributed by atoms with Gasteiger partial charge in [0.1, 0.15) is 5.75 Å². The van der Waals surface area contributed by atoms with Crippen molar-refractivity contribution in [2.45, 2.75) is 25.9 Å². The third-order valence-electron chi connectivity index (χ3n) is 2.10. The van der Waals surface area contributed by atoms with Crippen molar-refractivity contribution in [1.29, 1.82) is 0 Å². The summed E-state index contributed by atoms with van der Waals surface area (Å²) in [5.41, 5.74) is 0.562. The van der Waals surface area contributed by atoms with E-state index in [4.69, 9.17) is 14.5 Å². The molecule has 1 aromatic rings. The maximum atomic E-state index is 10.9. The summed E-state index contributed by atoms with van der Waals surface area (Å²) in [6.07, 6.45) is 1.69. The van der Waals surface area contributed by atoms with E-state index < -0.39 is 7.60 Å². The van der Waals surface area contributed by atoms with Gasteiger partial charge in [0.25, 0.3) is 0 Å². The van der Waals surface area contributed by atoms with Crippen molar-refractivity contribution in [1.82, 2.24) is 0 Å². The summed E-state index contributed by atoms with van der Waals surface area (Å²) in [4.78, 5) is 17.8. The van der Waals surface area contributed by atoms with E-state index >= 15 is 0 Å². The van der Waals surface area contributed by atoms with E-state index in [1.165, 1.54) is 0 Å². The first-order valence-corrected chi connectivity index (χ1v) is 7.08. The first kappa shape index (κ1) is 13.2. The lowest BCUT2D eigenvalue weighted by atomic mass is 10.2. The zero-order valence-electron chi connectivity index (χ0n) is 9.30. The fraction of sp³-hybridized carbons (Fsp3) is 0.455. The Bertz CT molecular complexity index is 372. The van der Waals surface area contributed by atoms with Crippen LogP contribution < -0.4 is 4.74 Å². The van der Waals surface area contributed by atoms with Gasteiger partial charge < -0.3 is 14.5 Å². The number of hydrogen-bond donors (Lipinski definition) is 2. The Labute approximate surface area is 95.4 Å². The molecule has 0 aliphatic carbocycles. The Morgan fingerprint density at radius 3 is 2.62 bits per heavy atom. The maximum absolute atomic E-state index is 10.9. The molecule has 0 aromatic heterocycles. The Kier molecular flexibility index (Phi) is 5.00. The molecule has 0 aliphatic heterocycles. The van der Waals surface area contributed by atoms with Crippen LogP contribution in [-0.2, 0) is 10.7 Å². The van der Waals surface area contributed by atoms with Crippen molar-refractivity contribution >= 4 is 7.60 Å². The van der Waals surface area contributed by atoms with Gasteiger partial charge >= 0.3 is 7.60 Å². The second-order valence-electron chi connectivity index (χ2n) is 3.63. The monoisotopic (exact) mass is 244 g/mol. The minimum Gasteiger partial charge on any atom is -0.493 e. The summed E-state index contributed by atoms with van der Waals surface area (Å²) in [5.74, 6) is 0.569. The highest BCUT2D eigenvalue weighted by Crippen LogP contribution is 2.41. The van der Waals surface area contributed by atoms with Crippen LogP contribution >= 0.6 is 7.60 Å². The maximum Gasteiger partial charge on any atom is 0.330 e. The second-order valence-corrected chi connectivity index (χ2v) is 5.28. The van der Waals surface area contributed by atoms with Gasteiger partial charge in [0.15, 0.2) is 0 Å². The van der Waals surface area contributed by atoms with E-state index in [1.54, 1.807) is 24.3 Å². The molecule has 0 saturated heterocycles. The number of rotatable bonds is 6. The molecule has 0 spiro atoms. The lowest BCUT2D eigenvalue weighted by Crippen LogP contribution is -2.00. The van der Waals surface area contributed by atoms with E-state index in [0.29, 0.717) is 17.9 Å². The summed E-state index contributed by atoms with van der Waals surface area (Å²) >= 11 is 0. The molecule has 0 amide bonds. The lowest BCUT2D eigenvalue weighted by molar-refractivity contribution is 0.305. The smallest absolute Gasteiger partial charge is 0.330 e. The topological polar surface area (TPSA) is 66.8 Å². The lowest BCUT2D eigenvalue weighted by Gasteiger charge is -2.11. The highest BCUT2D eigenvalue weighted by molar-refractivity contribution is 7.50. The molecule has 90 valence electrons. The van der Waals surface area contributed by atoms with Crippen LogP contribution in [0.3, 0.4) is 0 Å².